The zero-order chi connectivity index (χ0) is 19.5. The van der Waals surface area contributed by atoms with Crippen LogP contribution in [0.1, 0.15) is 61.3 Å². The third-order valence-electron chi connectivity index (χ3n) is 6.45. The molecule has 4 rings (SSSR count). The van der Waals surface area contributed by atoms with Crippen LogP contribution in [-0.4, -0.2) is 23.4 Å². The van der Waals surface area contributed by atoms with Crippen LogP contribution >= 0.6 is 0 Å². The molecule has 148 valence electrons. The molecule has 2 aromatic rings. The smallest absolute Gasteiger partial charge is 0.223 e. The zero-order valence-electron chi connectivity index (χ0n) is 16.3. The van der Waals surface area contributed by atoms with Gasteiger partial charge in [0.2, 0.25) is 5.91 Å². The molecule has 1 aliphatic carbocycles. The molecule has 0 radical (unpaired) electrons. The summed E-state index contributed by atoms with van der Waals surface area (Å²) in [5.74, 6) is 0.574. The molecular weight excluding hydrogens is 351 g/mol. The molecule has 3 nitrogen and oxygen atoms in total. The Bertz CT molecular complexity index is 812. The lowest BCUT2D eigenvalue weighted by Gasteiger charge is -2.38. The van der Waals surface area contributed by atoms with Crippen LogP contribution in [0.3, 0.4) is 0 Å². The van der Waals surface area contributed by atoms with Crippen LogP contribution < -0.4 is 5.73 Å². The highest BCUT2D eigenvalue weighted by Crippen LogP contribution is 2.36. The largest absolute Gasteiger partial charge is 0.331 e. The van der Waals surface area contributed by atoms with Crippen LogP contribution in [0.15, 0.2) is 48.5 Å². The van der Waals surface area contributed by atoms with Crippen molar-refractivity contribution in [3.05, 3.63) is 71.0 Å². The summed E-state index contributed by atoms with van der Waals surface area (Å²) in [5.41, 5.74) is 9.43. The quantitative estimate of drug-likeness (QED) is 0.843. The Morgan fingerprint density at radius 3 is 2.50 bits per heavy atom. The van der Waals surface area contributed by atoms with Crippen LogP contribution in [0.4, 0.5) is 4.39 Å². The van der Waals surface area contributed by atoms with Gasteiger partial charge < -0.3 is 10.6 Å². The molecule has 28 heavy (non-hydrogen) atoms. The molecule has 1 fully saturated rings. The number of carbonyl (C=O) groups is 1. The first-order valence-electron chi connectivity index (χ1n) is 10.5. The molecule has 2 aromatic carbocycles. The highest BCUT2D eigenvalue weighted by molar-refractivity contribution is 5.77. The van der Waals surface area contributed by atoms with Crippen LogP contribution in [0, 0.1) is 11.7 Å². The molecule has 1 atom stereocenters. The van der Waals surface area contributed by atoms with E-state index >= 15 is 0 Å². The molecule has 2 N–H and O–H groups in total. The van der Waals surface area contributed by atoms with E-state index in [0.29, 0.717) is 24.9 Å². The Kier molecular flexibility index (Phi) is 5.77. The van der Waals surface area contributed by atoms with Gasteiger partial charge in [-0.2, -0.15) is 0 Å². The number of nitrogens with two attached hydrogens (primary N) is 1. The topological polar surface area (TPSA) is 46.3 Å². The van der Waals surface area contributed by atoms with E-state index in [1.807, 2.05) is 29.2 Å². The summed E-state index contributed by atoms with van der Waals surface area (Å²) in [6.45, 7) is 0.716. The fourth-order valence-electron chi connectivity index (χ4n) is 4.79. The predicted molar refractivity (Wildman–Crippen MR) is 109 cm³/mol. The van der Waals surface area contributed by atoms with Crippen LogP contribution in [0.5, 0.6) is 0 Å². The average molecular weight is 381 g/mol. The summed E-state index contributed by atoms with van der Waals surface area (Å²) < 4.78 is 13.5. The van der Waals surface area contributed by atoms with E-state index in [-0.39, 0.29) is 17.8 Å². The van der Waals surface area contributed by atoms with Gasteiger partial charge in [0, 0.05) is 19.0 Å². The van der Waals surface area contributed by atoms with Crippen molar-refractivity contribution in [3.8, 4) is 0 Å². The lowest BCUT2D eigenvalue weighted by Crippen LogP contribution is -2.40. The number of fused-ring (bicyclic) bond motifs is 1. The molecule has 0 spiro atoms. The van der Waals surface area contributed by atoms with Gasteiger partial charge in [-0.05, 0) is 73.3 Å². The molecule has 4 heteroatoms. The number of rotatable bonds is 4. The van der Waals surface area contributed by atoms with Gasteiger partial charge in [0.25, 0.3) is 0 Å². The molecule has 0 aromatic heterocycles. The highest BCUT2D eigenvalue weighted by Gasteiger charge is 2.32. The van der Waals surface area contributed by atoms with E-state index in [2.05, 4.69) is 12.1 Å². The number of halogens is 1. The van der Waals surface area contributed by atoms with Crippen molar-refractivity contribution in [1.29, 1.82) is 0 Å². The number of nitrogens with zero attached hydrogens (tertiary/aromatic N) is 1. The first-order chi connectivity index (χ1) is 13.6. The Morgan fingerprint density at radius 2 is 1.75 bits per heavy atom. The third-order valence-corrected chi connectivity index (χ3v) is 6.45. The van der Waals surface area contributed by atoms with Gasteiger partial charge in [-0.25, -0.2) is 4.39 Å². The Labute approximate surface area is 166 Å². The fraction of sp³-hybridized carbons (Fsp3) is 0.458. The summed E-state index contributed by atoms with van der Waals surface area (Å²) in [4.78, 5) is 15.2. The van der Waals surface area contributed by atoms with Crippen LogP contribution in [-0.2, 0) is 11.2 Å². The number of hydrogen-bond donors (Lipinski definition) is 1. The number of carbonyl (C=O) groups excluding carboxylic acids is 1. The molecule has 0 bridgehead atoms. The second-order valence-corrected chi connectivity index (χ2v) is 8.31. The maximum Gasteiger partial charge on any atom is 0.223 e. The minimum absolute atomic E-state index is 0.127. The van der Waals surface area contributed by atoms with Gasteiger partial charge in [-0.15, -0.1) is 0 Å². The summed E-state index contributed by atoms with van der Waals surface area (Å²) in [6.07, 6.45) is 6.83. The van der Waals surface area contributed by atoms with Crippen molar-refractivity contribution in [2.75, 3.05) is 6.54 Å². The van der Waals surface area contributed by atoms with Crippen LogP contribution in [0.25, 0.3) is 0 Å². The molecule has 0 saturated heterocycles. The predicted octanol–water partition coefficient (Wildman–Crippen LogP) is 4.60. The van der Waals surface area contributed by atoms with E-state index in [1.54, 1.807) is 0 Å². The van der Waals surface area contributed by atoms with E-state index in [1.165, 1.54) is 17.7 Å². The first-order valence-corrected chi connectivity index (χ1v) is 10.5. The van der Waals surface area contributed by atoms with Gasteiger partial charge in [0.05, 0.1) is 6.04 Å². The van der Waals surface area contributed by atoms with Gasteiger partial charge >= 0.3 is 0 Å². The standard InChI is InChI=1S/C24H29FN2O/c25-20-10-8-19(9-11-20)24-22-4-2-1-3-18(22)15-16-27(24)23(28)14-7-17-5-12-21(26)13-6-17/h1-4,8-11,17,21,24H,5-7,12-16,26H2. The Hall–Kier alpha value is -2.20. The van der Waals surface area contributed by atoms with Crippen molar-refractivity contribution in [2.24, 2.45) is 11.7 Å². The van der Waals surface area contributed by atoms with E-state index in [9.17, 15) is 9.18 Å². The van der Waals surface area contributed by atoms with E-state index in [4.69, 9.17) is 5.73 Å². The van der Waals surface area contributed by atoms with Crippen molar-refractivity contribution < 1.29 is 9.18 Å². The number of hydrogen-bond acceptors (Lipinski definition) is 2. The van der Waals surface area contributed by atoms with Gasteiger partial charge in [0.1, 0.15) is 5.82 Å². The highest BCUT2D eigenvalue weighted by atomic mass is 19.1. The normalized spacial score (nSPS) is 24.6. The SMILES string of the molecule is NC1CCC(CCC(=O)N2CCc3ccccc3C2c2ccc(F)cc2)CC1. The molecule has 2 aliphatic rings. The summed E-state index contributed by atoms with van der Waals surface area (Å²) in [7, 11) is 0. The van der Waals surface area contributed by atoms with E-state index in [0.717, 1.165) is 49.7 Å². The number of benzene rings is 2. The molecule has 1 aliphatic heterocycles. The second kappa shape index (κ2) is 8.44. The average Bonchev–Trinajstić information content (AvgIpc) is 2.73. The minimum atomic E-state index is -0.249. The van der Waals surface area contributed by atoms with Crippen LogP contribution in [0.2, 0.25) is 0 Å². The molecule has 1 saturated carbocycles. The van der Waals surface area contributed by atoms with Crippen molar-refractivity contribution in [3.63, 3.8) is 0 Å². The van der Waals surface area contributed by atoms with Gasteiger partial charge in [-0.1, -0.05) is 36.4 Å². The summed E-state index contributed by atoms with van der Waals surface area (Å²) >= 11 is 0. The van der Waals surface area contributed by atoms with Crippen molar-refractivity contribution >= 4 is 5.91 Å². The van der Waals surface area contributed by atoms with Crippen molar-refractivity contribution in [2.45, 2.75) is 57.0 Å². The fourth-order valence-corrected chi connectivity index (χ4v) is 4.79. The molecule has 1 amide bonds. The Balaban J connectivity index is 1.53. The second-order valence-electron chi connectivity index (χ2n) is 8.31. The van der Waals surface area contributed by atoms with Gasteiger partial charge in [-0.3, -0.25) is 4.79 Å². The van der Waals surface area contributed by atoms with E-state index < -0.39 is 0 Å². The summed E-state index contributed by atoms with van der Waals surface area (Å²) in [6, 6.07) is 15.1. The van der Waals surface area contributed by atoms with Crippen molar-refractivity contribution in [1.82, 2.24) is 4.90 Å². The first kappa shape index (κ1) is 19.1. The van der Waals surface area contributed by atoms with Gasteiger partial charge in [0.15, 0.2) is 0 Å². The maximum absolute atomic E-state index is 13.5. The summed E-state index contributed by atoms with van der Waals surface area (Å²) in [5, 5.41) is 0. The zero-order valence-corrected chi connectivity index (χ0v) is 16.3. The lowest BCUT2D eigenvalue weighted by molar-refractivity contribution is -0.133. The number of amides is 1. The maximum atomic E-state index is 13.5. The molecular formula is C24H29FN2O. The monoisotopic (exact) mass is 380 g/mol. The third kappa shape index (κ3) is 4.12. The molecule has 1 unspecified atom stereocenters. The molecule has 1 heterocycles. The lowest BCUT2D eigenvalue weighted by atomic mass is 9.83. The minimum Gasteiger partial charge on any atom is -0.331 e. The Morgan fingerprint density at radius 1 is 1.04 bits per heavy atom.